The third kappa shape index (κ3) is 3.95. The Labute approximate surface area is 122 Å². The number of benzene rings is 1. The van der Waals surface area contributed by atoms with Gasteiger partial charge in [0.05, 0.1) is 0 Å². The SMILES string of the molecule is CCNC1CCC(C)CC1CN(C)c1ccc(F)cc1. The Morgan fingerprint density at radius 3 is 2.60 bits per heavy atom. The lowest BCUT2D eigenvalue weighted by atomic mass is 9.78. The Bertz CT molecular complexity index is 404. The van der Waals surface area contributed by atoms with Crippen LogP contribution in [0, 0.1) is 17.7 Å². The van der Waals surface area contributed by atoms with Crippen molar-refractivity contribution in [2.45, 2.75) is 39.2 Å². The molecule has 0 radical (unpaired) electrons. The largest absolute Gasteiger partial charge is 0.374 e. The smallest absolute Gasteiger partial charge is 0.123 e. The highest BCUT2D eigenvalue weighted by Gasteiger charge is 2.28. The van der Waals surface area contributed by atoms with Gasteiger partial charge in [0, 0.05) is 25.3 Å². The summed E-state index contributed by atoms with van der Waals surface area (Å²) in [5, 5.41) is 3.63. The lowest BCUT2D eigenvalue weighted by molar-refractivity contribution is 0.219. The minimum absolute atomic E-state index is 0.168. The second-order valence-electron chi connectivity index (χ2n) is 6.20. The van der Waals surface area contributed by atoms with Crippen LogP contribution in [0.4, 0.5) is 10.1 Å². The maximum absolute atomic E-state index is 13.0. The van der Waals surface area contributed by atoms with Gasteiger partial charge in [-0.3, -0.25) is 0 Å². The van der Waals surface area contributed by atoms with Crippen molar-refractivity contribution in [1.29, 1.82) is 0 Å². The summed E-state index contributed by atoms with van der Waals surface area (Å²) in [6.07, 6.45) is 3.88. The normalized spacial score (nSPS) is 26.5. The standard InChI is InChI=1S/C17H27FN2/c1-4-19-17-10-5-13(2)11-14(17)12-20(3)16-8-6-15(18)7-9-16/h6-9,13-14,17,19H,4-5,10-12H2,1-3H3. The third-order valence-corrected chi connectivity index (χ3v) is 4.49. The fourth-order valence-electron chi connectivity index (χ4n) is 3.38. The second-order valence-corrected chi connectivity index (χ2v) is 6.20. The van der Waals surface area contributed by atoms with Crippen molar-refractivity contribution in [2.75, 3.05) is 25.0 Å². The lowest BCUT2D eigenvalue weighted by Crippen LogP contribution is -2.45. The summed E-state index contributed by atoms with van der Waals surface area (Å²) in [7, 11) is 2.11. The van der Waals surface area contributed by atoms with E-state index in [1.807, 2.05) is 12.1 Å². The van der Waals surface area contributed by atoms with Crippen molar-refractivity contribution in [3.8, 4) is 0 Å². The molecule has 0 aromatic heterocycles. The molecular weight excluding hydrogens is 251 g/mol. The molecule has 3 unspecified atom stereocenters. The third-order valence-electron chi connectivity index (χ3n) is 4.49. The molecule has 0 spiro atoms. The van der Waals surface area contributed by atoms with Gasteiger partial charge in [-0.25, -0.2) is 4.39 Å². The van der Waals surface area contributed by atoms with Crippen molar-refractivity contribution in [2.24, 2.45) is 11.8 Å². The topological polar surface area (TPSA) is 15.3 Å². The van der Waals surface area contributed by atoms with Crippen LogP contribution in [0.2, 0.25) is 0 Å². The fraction of sp³-hybridized carbons (Fsp3) is 0.647. The predicted octanol–water partition coefficient (Wildman–Crippen LogP) is 3.68. The molecule has 1 aliphatic rings. The van der Waals surface area contributed by atoms with Gasteiger partial charge in [-0.05, 0) is 61.9 Å². The summed E-state index contributed by atoms with van der Waals surface area (Å²) < 4.78 is 13.0. The first-order valence-corrected chi connectivity index (χ1v) is 7.80. The van der Waals surface area contributed by atoms with Gasteiger partial charge in [-0.2, -0.15) is 0 Å². The number of halogens is 1. The molecule has 1 fully saturated rings. The zero-order chi connectivity index (χ0) is 14.5. The van der Waals surface area contributed by atoms with Crippen LogP contribution in [0.1, 0.15) is 33.1 Å². The average molecular weight is 278 g/mol. The van der Waals surface area contributed by atoms with E-state index >= 15 is 0 Å². The molecule has 0 saturated heterocycles. The molecule has 112 valence electrons. The Morgan fingerprint density at radius 2 is 1.95 bits per heavy atom. The van der Waals surface area contributed by atoms with E-state index in [0.29, 0.717) is 12.0 Å². The quantitative estimate of drug-likeness (QED) is 0.884. The maximum Gasteiger partial charge on any atom is 0.123 e. The van der Waals surface area contributed by atoms with Crippen LogP contribution in [-0.2, 0) is 0 Å². The Kier molecular flexibility index (Phi) is 5.41. The summed E-state index contributed by atoms with van der Waals surface area (Å²) in [4.78, 5) is 2.26. The molecule has 20 heavy (non-hydrogen) atoms. The summed E-state index contributed by atoms with van der Waals surface area (Å²) in [5.41, 5.74) is 1.10. The lowest BCUT2D eigenvalue weighted by Gasteiger charge is -2.38. The summed E-state index contributed by atoms with van der Waals surface area (Å²) in [6.45, 7) is 6.61. The average Bonchev–Trinajstić information content (AvgIpc) is 2.42. The Morgan fingerprint density at radius 1 is 1.25 bits per heavy atom. The summed E-state index contributed by atoms with van der Waals surface area (Å²) >= 11 is 0. The molecule has 1 aromatic rings. The fourth-order valence-corrected chi connectivity index (χ4v) is 3.38. The van der Waals surface area contributed by atoms with E-state index in [1.165, 1.54) is 31.4 Å². The predicted molar refractivity (Wildman–Crippen MR) is 83.6 cm³/mol. The molecule has 0 heterocycles. The van der Waals surface area contributed by atoms with Gasteiger partial charge < -0.3 is 10.2 Å². The Balaban J connectivity index is 1.99. The van der Waals surface area contributed by atoms with Gasteiger partial charge >= 0.3 is 0 Å². The molecule has 0 bridgehead atoms. The van der Waals surface area contributed by atoms with Crippen molar-refractivity contribution in [1.82, 2.24) is 5.32 Å². The van der Waals surface area contributed by atoms with Crippen LogP contribution < -0.4 is 10.2 Å². The van der Waals surface area contributed by atoms with Gasteiger partial charge in [0.2, 0.25) is 0 Å². The molecule has 1 aromatic carbocycles. The number of nitrogens with one attached hydrogen (secondary N) is 1. The molecule has 3 atom stereocenters. The summed E-state index contributed by atoms with van der Waals surface area (Å²) in [5.74, 6) is 1.32. The van der Waals surface area contributed by atoms with E-state index in [0.717, 1.165) is 24.7 Å². The first kappa shape index (κ1) is 15.3. The number of rotatable bonds is 5. The van der Waals surface area contributed by atoms with E-state index < -0.39 is 0 Å². The number of hydrogen-bond acceptors (Lipinski definition) is 2. The van der Waals surface area contributed by atoms with Crippen molar-refractivity contribution < 1.29 is 4.39 Å². The minimum Gasteiger partial charge on any atom is -0.374 e. The van der Waals surface area contributed by atoms with Crippen LogP contribution in [0.3, 0.4) is 0 Å². The molecule has 1 saturated carbocycles. The highest BCUT2D eigenvalue weighted by atomic mass is 19.1. The van der Waals surface area contributed by atoms with E-state index in [-0.39, 0.29) is 5.82 Å². The van der Waals surface area contributed by atoms with Gasteiger partial charge in [0.1, 0.15) is 5.82 Å². The van der Waals surface area contributed by atoms with Crippen LogP contribution in [0.15, 0.2) is 24.3 Å². The van der Waals surface area contributed by atoms with Crippen LogP contribution in [-0.4, -0.2) is 26.2 Å². The van der Waals surface area contributed by atoms with E-state index in [2.05, 4.69) is 31.1 Å². The second kappa shape index (κ2) is 7.07. The van der Waals surface area contributed by atoms with Gasteiger partial charge in [-0.1, -0.05) is 13.8 Å². The molecule has 0 amide bonds. The summed E-state index contributed by atoms with van der Waals surface area (Å²) in [6, 6.07) is 7.43. The monoisotopic (exact) mass is 278 g/mol. The molecule has 0 aliphatic heterocycles. The Hall–Kier alpha value is -1.09. The zero-order valence-electron chi connectivity index (χ0n) is 12.9. The van der Waals surface area contributed by atoms with Crippen LogP contribution in [0.25, 0.3) is 0 Å². The number of nitrogens with zero attached hydrogens (tertiary/aromatic N) is 1. The first-order valence-electron chi connectivity index (χ1n) is 7.80. The van der Waals surface area contributed by atoms with Gasteiger partial charge in [0.25, 0.3) is 0 Å². The van der Waals surface area contributed by atoms with E-state index in [1.54, 1.807) is 0 Å². The zero-order valence-corrected chi connectivity index (χ0v) is 12.9. The number of hydrogen-bond donors (Lipinski definition) is 1. The van der Waals surface area contributed by atoms with E-state index in [4.69, 9.17) is 0 Å². The minimum atomic E-state index is -0.168. The highest BCUT2D eigenvalue weighted by molar-refractivity contribution is 5.45. The molecule has 3 heteroatoms. The van der Waals surface area contributed by atoms with Crippen LogP contribution in [0.5, 0.6) is 0 Å². The van der Waals surface area contributed by atoms with Crippen molar-refractivity contribution >= 4 is 5.69 Å². The molecular formula is C17H27FN2. The van der Waals surface area contributed by atoms with Gasteiger partial charge in [0.15, 0.2) is 0 Å². The molecule has 2 rings (SSSR count). The van der Waals surface area contributed by atoms with E-state index in [9.17, 15) is 4.39 Å². The highest BCUT2D eigenvalue weighted by Crippen LogP contribution is 2.30. The van der Waals surface area contributed by atoms with Gasteiger partial charge in [-0.15, -0.1) is 0 Å². The number of anilines is 1. The first-order chi connectivity index (χ1) is 9.60. The maximum atomic E-state index is 13.0. The molecule has 2 nitrogen and oxygen atoms in total. The molecule has 1 N–H and O–H groups in total. The van der Waals surface area contributed by atoms with Crippen molar-refractivity contribution in [3.63, 3.8) is 0 Å². The van der Waals surface area contributed by atoms with Crippen LogP contribution >= 0.6 is 0 Å². The molecule has 1 aliphatic carbocycles. The van der Waals surface area contributed by atoms with Crippen molar-refractivity contribution in [3.05, 3.63) is 30.1 Å².